The van der Waals surface area contributed by atoms with E-state index >= 15 is 0 Å². The third-order valence-electron chi connectivity index (χ3n) is 3.47. The molecule has 0 aliphatic heterocycles. The normalized spacial score (nSPS) is 14.0. The van der Waals surface area contributed by atoms with Crippen LogP contribution in [-0.4, -0.2) is 11.2 Å². The summed E-state index contributed by atoms with van der Waals surface area (Å²) in [4.78, 5) is 0. The van der Waals surface area contributed by atoms with Gasteiger partial charge in [0.2, 0.25) is 0 Å². The van der Waals surface area contributed by atoms with Gasteiger partial charge in [-0.25, -0.2) is 4.39 Å². The average Bonchev–Trinajstić information content (AvgIpc) is 2.49. The number of nitrogens with two attached hydrogens (primary N) is 1. The van der Waals surface area contributed by atoms with Crippen molar-refractivity contribution in [1.82, 2.24) is 0 Å². The molecule has 2 aromatic rings. The predicted octanol–water partition coefficient (Wildman–Crippen LogP) is 4.52. The van der Waals surface area contributed by atoms with Crippen molar-refractivity contribution in [1.29, 1.82) is 0 Å². The molecular formula is C16H15Cl2F4NO. The summed E-state index contributed by atoms with van der Waals surface area (Å²) in [5.41, 5.74) is 4.32. The minimum absolute atomic E-state index is 0. The van der Waals surface area contributed by atoms with Crippen LogP contribution in [0, 0.1) is 5.82 Å². The summed E-state index contributed by atoms with van der Waals surface area (Å²) >= 11 is 5.57. The van der Waals surface area contributed by atoms with Gasteiger partial charge in [0.15, 0.2) is 0 Å². The maximum atomic E-state index is 14.1. The summed E-state index contributed by atoms with van der Waals surface area (Å²) in [6.45, 7) is 0. The Kier molecular flexibility index (Phi) is 7.04. The van der Waals surface area contributed by atoms with E-state index in [0.29, 0.717) is 11.6 Å². The van der Waals surface area contributed by atoms with Gasteiger partial charge in [0.25, 0.3) is 0 Å². The van der Waals surface area contributed by atoms with E-state index in [0.717, 1.165) is 6.07 Å². The zero-order chi connectivity index (χ0) is 17.2. The highest BCUT2D eigenvalue weighted by molar-refractivity contribution is 6.30. The number of alkyl halides is 3. The predicted molar refractivity (Wildman–Crippen MR) is 86.7 cm³/mol. The van der Waals surface area contributed by atoms with E-state index in [4.69, 9.17) is 17.3 Å². The Morgan fingerprint density at radius 1 is 1.08 bits per heavy atom. The van der Waals surface area contributed by atoms with Crippen LogP contribution in [0.25, 0.3) is 0 Å². The molecule has 8 heteroatoms. The van der Waals surface area contributed by atoms with Crippen LogP contribution < -0.4 is 5.73 Å². The molecule has 0 radical (unpaired) electrons. The molecule has 0 heterocycles. The molecule has 132 valence electrons. The quantitative estimate of drug-likeness (QED) is 0.762. The van der Waals surface area contributed by atoms with Gasteiger partial charge < -0.3 is 10.8 Å². The molecule has 0 unspecified atom stereocenters. The zero-order valence-corrected chi connectivity index (χ0v) is 13.8. The summed E-state index contributed by atoms with van der Waals surface area (Å²) in [5.74, 6) is -1.26. The van der Waals surface area contributed by atoms with Gasteiger partial charge in [-0.2, -0.15) is 13.2 Å². The van der Waals surface area contributed by atoms with E-state index in [-0.39, 0.29) is 18.8 Å². The molecule has 0 fully saturated rings. The van der Waals surface area contributed by atoms with E-state index in [9.17, 15) is 22.7 Å². The fourth-order valence-corrected chi connectivity index (χ4v) is 2.48. The second-order valence-corrected chi connectivity index (χ2v) is 5.51. The molecule has 24 heavy (non-hydrogen) atoms. The van der Waals surface area contributed by atoms with Crippen molar-refractivity contribution in [2.45, 2.75) is 24.7 Å². The van der Waals surface area contributed by atoms with Crippen LogP contribution in [0.4, 0.5) is 17.6 Å². The van der Waals surface area contributed by atoms with Crippen molar-refractivity contribution in [3.8, 4) is 0 Å². The summed E-state index contributed by atoms with van der Waals surface area (Å²) in [6, 6.07) is 8.49. The van der Waals surface area contributed by atoms with E-state index in [2.05, 4.69) is 0 Å². The van der Waals surface area contributed by atoms with Crippen LogP contribution in [0.2, 0.25) is 5.02 Å². The molecule has 3 N–H and O–H groups in total. The number of hydrogen-bond donors (Lipinski definition) is 2. The summed E-state index contributed by atoms with van der Waals surface area (Å²) in [5, 5.41) is 9.65. The third-order valence-corrected chi connectivity index (χ3v) is 3.77. The molecule has 0 saturated carbocycles. The number of benzene rings is 2. The molecule has 0 spiro atoms. The number of rotatable bonds is 4. The van der Waals surface area contributed by atoms with Crippen molar-refractivity contribution in [3.05, 3.63) is 70.0 Å². The van der Waals surface area contributed by atoms with Crippen LogP contribution in [0.15, 0.2) is 42.5 Å². The topological polar surface area (TPSA) is 46.2 Å². The molecule has 0 saturated heterocycles. The lowest BCUT2D eigenvalue weighted by atomic mass is 9.92. The van der Waals surface area contributed by atoms with E-state index in [1.807, 2.05) is 0 Å². The Bertz CT molecular complexity index is 680. The third kappa shape index (κ3) is 4.60. The lowest BCUT2D eigenvalue weighted by Gasteiger charge is -2.24. The first-order chi connectivity index (χ1) is 10.7. The van der Waals surface area contributed by atoms with Crippen LogP contribution in [-0.2, 0) is 12.6 Å². The Hall–Kier alpha value is -1.34. The molecular weight excluding hydrogens is 369 g/mol. The van der Waals surface area contributed by atoms with Gasteiger partial charge in [-0.15, -0.1) is 12.4 Å². The maximum Gasteiger partial charge on any atom is 0.416 e. The van der Waals surface area contributed by atoms with Crippen molar-refractivity contribution in [2.75, 3.05) is 0 Å². The SMILES string of the molecule is Cl.N[C@@H](c1c(C(F)(F)F)ccc(Cl)c1F)[C@H](O)Cc1ccccc1. The Morgan fingerprint density at radius 3 is 2.21 bits per heavy atom. The first-order valence-corrected chi connectivity index (χ1v) is 7.12. The van der Waals surface area contributed by atoms with E-state index in [1.54, 1.807) is 30.3 Å². The van der Waals surface area contributed by atoms with E-state index < -0.39 is 40.3 Å². The van der Waals surface area contributed by atoms with E-state index in [1.165, 1.54) is 0 Å². The van der Waals surface area contributed by atoms with Crippen LogP contribution in [0.1, 0.15) is 22.7 Å². The van der Waals surface area contributed by atoms with Gasteiger partial charge in [0.05, 0.1) is 22.7 Å². The number of aliphatic hydroxyl groups is 1. The summed E-state index contributed by atoms with van der Waals surface area (Å²) in [7, 11) is 0. The first-order valence-electron chi connectivity index (χ1n) is 6.74. The highest BCUT2D eigenvalue weighted by Gasteiger charge is 2.38. The largest absolute Gasteiger partial charge is 0.416 e. The smallest absolute Gasteiger partial charge is 0.391 e. The maximum absolute atomic E-state index is 14.1. The number of aliphatic hydroxyl groups excluding tert-OH is 1. The van der Waals surface area contributed by atoms with Gasteiger partial charge in [0, 0.05) is 12.0 Å². The Morgan fingerprint density at radius 2 is 1.67 bits per heavy atom. The van der Waals surface area contributed by atoms with Crippen LogP contribution in [0.5, 0.6) is 0 Å². The van der Waals surface area contributed by atoms with Crippen LogP contribution >= 0.6 is 24.0 Å². The summed E-state index contributed by atoms with van der Waals surface area (Å²) in [6.07, 6.45) is -6.21. The van der Waals surface area contributed by atoms with Gasteiger partial charge in [-0.05, 0) is 17.7 Å². The van der Waals surface area contributed by atoms with Crippen molar-refractivity contribution in [3.63, 3.8) is 0 Å². The molecule has 0 amide bonds. The lowest BCUT2D eigenvalue weighted by molar-refractivity contribution is -0.138. The molecule has 0 aliphatic rings. The number of halogens is 6. The fraction of sp³-hybridized carbons (Fsp3) is 0.250. The van der Waals surface area contributed by atoms with Crippen molar-refractivity contribution >= 4 is 24.0 Å². The zero-order valence-electron chi connectivity index (χ0n) is 12.2. The monoisotopic (exact) mass is 383 g/mol. The molecule has 2 atom stereocenters. The highest BCUT2D eigenvalue weighted by Crippen LogP contribution is 2.38. The molecule has 0 aromatic heterocycles. The van der Waals surface area contributed by atoms with Crippen molar-refractivity contribution < 1.29 is 22.7 Å². The highest BCUT2D eigenvalue weighted by atomic mass is 35.5. The average molecular weight is 384 g/mol. The van der Waals surface area contributed by atoms with Crippen LogP contribution in [0.3, 0.4) is 0 Å². The fourth-order valence-electron chi connectivity index (χ4n) is 2.31. The Labute approximate surface area is 147 Å². The molecule has 2 aromatic carbocycles. The lowest BCUT2D eigenvalue weighted by Crippen LogP contribution is -2.31. The molecule has 0 bridgehead atoms. The minimum atomic E-state index is -4.80. The standard InChI is InChI=1S/C16H14ClF4NO.ClH/c17-11-7-6-10(16(19,20)21)13(14(11)18)15(22)12(23)8-9-4-2-1-3-5-9;/h1-7,12,15,23H,8,22H2;1H/t12-,15-;/m1./s1. The second kappa shape index (κ2) is 8.16. The Balaban J connectivity index is 0.00000288. The van der Waals surface area contributed by atoms with Gasteiger partial charge in [-0.3, -0.25) is 0 Å². The van der Waals surface area contributed by atoms with Crippen molar-refractivity contribution in [2.24, 2.45) is 5.73 Å². The molecule has 2 rings (SSSR count). The summed E-state index contributed by atoms with van der Waals surface area (Å²) < 4.78 is 53.3. The number of hydrogen-bond acceptors (Lipinski definition) is 2. The first kappa shape index (κ1) is 20.7. The molecule has 0 aliphatic carbocycles. The molecule has 2 nitrogen and oxygen atoms in total. The van der Waals surface area contributed by atoms with Gasteiger partial charge in [0.1, 0.15) is 5.82 Å². The van der Waals surface area contributed by atoms with Gasteiger partial charge >= 0.3 is 6.18 Å². The van der Waals surface area contributed by atoms with Gasteiger partial charge in [-0.1, -0.05) is 41.9 Å². The minimum Gasteiger partial charge on any atom is -0.391 e. The second-order valence-electron chi connectivity index (χ2n) is 5.10.